The van der Waals surface area contributed by atoms with Crippen LogP contribution in [-0.4, -0.2) is 29.2 Å². The molecule has 5 nitrogen and oxygen atoms in total. The number of nitrogens with zero attached hydrogens (tertiary/aromatic N) is 1. The molecule has 3 rings (SSSR count). The van der Waals surface area contributed by atoms with Crippen LogP contribution < -0.4 is 5.32 Å². The molecule has 0 fully saturated rings. The van der Waals surface area contributed by atoms with E-state index in [4.69, 9.17) is 0 Å². The predicted molar refractivity (Wildman–Crippen MR) is 95.8 cm³/mol. The minimum atomic E-state index is -0.539. The van der Waals surface area contributed by atoms with Gasteiger partial charge in [-0.1, -0.05) is 19.4 Å². The zero-order valence-electron chi connectivity index (χ0n) is 14.6. The summed E-state index contributed by atoms with van der Waals surface area (Å²) in [5.74, 6) is -1.80. The average molecular weight is 354 g/mol. The largest absolute Gasteiger partial charge is 0.319 e. The van der Waals surface area contributed by atoms with Crippen LogP contribution in [0.1, 0.15) is 56.4 Å². The van der Waals surface area contributed by atoms with E-state index in [1.165, 1.54) is 35.2 Å². The first-order valence-electron chi connectivity index (χ1n) is 8.50. The Morgan fingerprint density at radius 1 is 1.08 bits per heavy atom. The normalized spacial score (nSPS) is 13.1. The number of hydrogen-bond acceptors (Lipinski definition) is 3. The lowest BCUT2D eigenvalue weighted by atomic mass is 10.1. The number of hydrogen-bond donors (Lipinski definition) is 1. The second-order valence-electron chi connectivity index (χ2n) is 6.31. The molecular formula is C20H19FN2O3. The van der Waals surface area contributed by atoms with Gasteiger partial charge in [0.1, 0.15) is 5.82 Å². The quantitative estimate of drug-likeness (QED) is 0.831. The van der Waals surface area contributed by atoms with Gasteiger partial charge in [0.15, 0.2) is 0 Å². The van der Waals surface area contributed by atoms with Gasteiger partial charge in [0.2, 0.25) is 0 Å². The minimum absolute atomic E-state index is 0.0630. The summed E-state index contributed by atoms with van der Waals surface area (Å²) in [5, 5.41) is 2.49. The maximum absolute atomic E-state index is 13.9. The molecule has 0 saturated carbocycles. The van der Waals surface area contributed by atoms with E-state index in [1.807, 2.05) is 6.92 Å². The molecule has 134 valence electrons. The van der Waals surface area contributed by atoms with Gasteiger partial charge in [0.25, 0.3) is 17.7 Å². The molecule has 2 aromatic rings. The number of nitrogens with one attached hydrogen (secondary N) is 1. The van der Waals surface area contributed by atoms with Gasteiger partial charge in [-0.15, -0.1) is 0 Å². The van der Waals surface area contributed by atoms with Crippen LogP contribution in [0.3, 0.4) is 0 Å². The van der Waals surface area contributed by atoms with Crippen molar-refractivity contribution in [2.45, 2.75) is 26.7 Å². The molecule has 2 aromatic carbocycles. The van der Waals surface area contributed by atoms with E-state index in [1.54, 1.807) is 13.0 Å². The number of carbonyl (C=O) groups is 3. The molecule has 1 aliphatic heterocycles. The van der Waals surface area contributed by atoms with E-state index in [0.717, 1.165) is 18.4 Å². The lowest BCUT2D eigenvalue weighted by Crippen LogP contribution is -2.30. The van der Waals surface area contributed by atoms with Crippen LogP contribution in [-0.2, 0) is 0 Å². The Morgan fingerprint density at radius 3 is 2.50 bits per heavy atom. The highest BCUT2D eigenvalue weighted by Gasteiger charge is 2.35. The predicted octanol–water partition coefficient (Wildman–Crippen LogP) is 3.78. The summed E-state index contributed by atoms with van der Waals surface area (Å²) in [6.45, 7) is 4.09. The van der Waals surface area contributed by atoms with E-state index in [0.29, 0.717) is 12.1 Å². The molecule has 0 aromatic heterocycles. The van der Waals surface area contributed by atoms with Crippen LogP contribution >= 0.6 is 0 Å². The second-order valence-corrected chi connectivity index (χ2v) is 6.31. The van der Waals surface area contributed by atoms with Crippen molar-refractivity contribution < 1.29 is 18.8 Å². The maximum Gasteiger partial charge on any atom is 0.261 e. The first kappa shape index (κ1) is 17.8. The smallest absolute Gasteiger partial charge is 0.261 e. The standard InChI is InChI=1S/C20H19FN2O3/c1-3-4-9-23-19(25)14-7-6-13(11-15(14)20(23)26)18(24)22-17-8-5-12(2)10-16(17)21/h5-8,10-11H,3-4,9H2,1-2H3,(H,22,24). The second kappa shape index (κ2) is 7.07. The fourth-order valence-electron chi connectivity index (χ4n) is 2.87. The molecule has 1 heterocycles. The molecule has 0 spiro atoms. The van der Waals surface area contributed by atoms with Crippen molar-refractivity contribution in [3.8, 4) is 0 Å². The molecule has 1 aliphatic rings. The Bertz CT molecular complexity index is 908. The summed E-state index contributed by atoms with van der Waals surface area (Å²) in [6, 6.07) is 8.83. The minimum Gasteiger partial charge on any atom is -0.319 e. The van der Waals surface area contributed by atoms with Crippen molar-refractivity contribution in [2.75, 3.05) is 11.9 Å². The van der Waals surface area contributed by atoms with Crippen molar-refractivity contribution in [2.24, 2.45) is 0 Å². The molecule has 0 atom stereocenters. The molecule has 0 radical (unpaired) electrons. The first-order valence-corrected chi connectivity index (χ1v) is 8.50. The number of fused-ring (bicyclic) bond motifs is 1. The number of benzene rings is 2. The van der Waals surface area contributed by atoms with Gasteiger partial charge in [-0.2, -0.15) is 0 Å². The highest BCUT2D eigenvalue weighted by Crippen LogP contribution is 2.25. The highest BCUT2D eigenvalue weighted by atomic mass is 19.1. The van der Waals surface area contributed by atoms with E-state index in [-0.39, 0.29) is 22.7 Å². The number of unbranched alkanes of at least 4 members (excludes halogenated alkanes) is 1. The maximum atomic E-state index is 13.9. The van der Waals surface area contributed by atoms with Crippen LogP contribution in [0.4, 0.5) is 10.1 Å². The Balaban J connectivity index is 1.84. The molecule has 1 N–H and O–H groups in total. The van der Waals surface area contributed by atoms with Crippen LogP contribution in [0.15, 0.2) is 36.4 Å². The zero-order chi connectivity index (χ0) is 18.8. The summed E-state index contributed by atoms with van der Waals surface area (Å²) in [6.07, 6.45) is 1.59. The fourth-order valence-corrected chi connectivity index (χ4v) is 2.87. The van der Waals surface area contributed by atoms with Crippen LogP contribution in [0.2, 0.25) is 0 Å². The molecular weight excluding hydrogens is 335 g/mol. The fraction of sp³-hybridized carbons (Fsp3) is 0.250. The van der Waals surface area contributed by atoms with Gasteiger partial charge in [-0.25, -0.2) is 4.39 Å². The van der Waals surface area contributed by atoms with E-state index < -0.39 is 17.6 Å². The monoisotopic (exact) mass is 354 g/mol. The third-order valence-electron chi connectivity index (χ3n) is 4.34. The average Bonchev–Trinajstić information content (AvgIpc) is 2.86. The Kier molecular flexibility index (Phi) is 4.84. The number of amides is 3. The van der Waals surface area contributed by atoms with Gasteiger partial charge in [-0.05, 0) is 49.2 Å². The third-order valence-corrected chi connectivity index (χ3v) is 4.34. The lowest BCUT2D eigenvalue weighted by molar-refractivity contribution is 0.0652. The number of rotatable bonds is 5. The Labute approximate surface area is 150 Å². The van der Waals surface area contributed by atoms with Gasteiger partial charge in [0, 0.05) is 12.1 Å². The van der Waals surface area contributed by atoms with Crippen molar-refractivity contribution >= 4 is 23.4 Å². The summed E-state index contributed by atoms with van der Waals surface area (Å²) < 4.78 is 13.9. The van der Waals surface area contributed by atoms with E-state index in [2.05, 4.69) is 5.32 Å². The van der Waals surface area contributed by atoms with Gasteiger partial charge in [-0.3, -0.25) is 19.3 Å². The molecule has 26 heavy (non-hydrogen) atoms. The summed E-state index contributed by atoms with van der Waals surface area (Å²) in [4.78, 5) is 38.4. The van der Waals surface area contributed by atoms with Crippen molar-refractivity contribution in [3.05, 3.63) is 64.5 Å². The van der Waals surface area contributed by atoms with Crippen molar-refractivity contribution in [1.82, 2.24) is 4.90 Å². The van der Waals surface area contributed by atoms with Crippen molar-refractivity contribution in [3.63, 3.8) is 0 Å². The number of halogens is 1. The zero-order valence-corrected chi connectivity index (χ0v) is 14.6. The van der Waals surface area contributed by atoms with Gasteiger partial charge < -0.3 is 5.32 Å². The molecule has 6 heteroatoms. The van der Waals surface area contributed by atoms with E-state index in [9.17, 15) is 18.8 Å². The van der Waals surface area contributed by atoms with E-state index >= 15 is 0 Å². The number of carbonyl (C=O) groups excluding carboxylic acids is 3. The number of aryl methyl sites for hydroxylation is 1. The molecule has 0 bridgehead atoms. The highest BCUT2D eigenvalue weighted by molar-refractivity contribution is 6.22. The van der Waals surface area contributed by atoms with Crippen LogP contribution in [0.5, 0.6) is 0 Å². The summed E-state index contributed by atoms with van der Waals surface area (Å²) in [7, 11) is 0. The van der Waals surface area contributed by atoms with Gasteiger partial charge in [0.05, 0.1) is 16.8 Å². The first-order chi connectivity index (χ1) is 12.4. The molecule has 3 amide bonds. The molecule has 0 saturated heterocycles. The Morgan fingerprint density at radius 2 is 1.81 bits per heavy atom. The van der Waals surface area contributed by atoms with Crippen LogP contribution in [0.25, 0.3) is 0 Å². The lowest BCUT2D eigenvalue weighted by Gasteiger charge is -2.12. The Hall–Kier alpha value is -3.02. The summed E-state index contributed by atoms with van der Waals surface area (Å²) >= 11 is 0. The molecule has 0 aliphatic carbocycles. The SMILES string of the molecule is CCCCN1C(=O)c2ccc(C(=O)Nc3ccc(C)cc3F)cc2C1=O. The summed E-state index contributed by atoms with van der Waals surface area (Å²) in [5.41, 5.74) is 1.51. The molecule has 0 unspecified atom stereocenters. The van der Waals surface area contributed by atoms with Crippen molar-refractivity contribution in [1.29, 1.82) is 0 Å². The van der Waals surface area contributed by atoms with Gasteiger partial charge >= 0.3 is 0 Å². The topological polar surface area (TPSA) is 66.5 Å². The third kappa shape index (κ3) is 3.22. The number of imide groups is 1. The number of anilines is 1. The van der Waals surface area contributed by atoms with Crippen LogP contribution in [0, 0.1) is 12.7 Å².